The second kappa shape index (κ2) is 5.87. The molecule has 3 nitrogen and oxygen atoms in total. The minimum atomic E-state index is -0.0180. The number of nitrogens with zero attached hydrogens (tertiary/aromatic N) is 2. The van der Waals surface area contributed by atoms with Gasteiger partial charge in [-0.1, -0.05) is 35.3 Å². The van der Waals surface area contributed by atoms with Gasteiger partial charge in [0, 0.05) is 9.77 Å². The van der Waals surface area contributed by atoms with Crippen LogP contribution in [-0.4, -0.2) is 17.5 Å². The van der Waals surface area contributed by atoms with Crippen LogP contribution in [0, 0.1) is 3.57 Å². The number of halogens is 3. The molecule has 0 fully saturated rings. The predicted molar refractivity (Wildman–Crippen MR) is 88.6 cm³/mol. The number of aliphatic imine (C=N–C) groups is 1. The first-order valence-electron chi connectivity index (χ1n) is 5.91. The van der Waals surface area contributed by atoms with Crippen LogP contribution in [0.3, 0.4) is 0 Å². The number of ether oxygens (including phenoxy) is 1. The van der Waals surface area contributed by atoms with Crippen LogP contribution < -0.4 is 0 Å². The fraction of sp³-hybridized carbons (Fsp3) is 0.143. The lowest BCUT2D eigenvalue weighted by Gasteiger charge is -2.04. The maximum Gasteiger partial charge on any atom is 0.237 e. The molecule has 3 rings (SSSR count). The topological polar surface area (TPSA) is 34.5 Å². The molecular formula is C14H9Cl2IN2O. The SMILES string of the molecule is Clc1cnc(C2=NC(c3ccc(I)cc3)CO2)c(Cl)c1. The van der Waals surface area contributed by atoms with E-state index in [1.807, 2.05) is 0 Å². The molecule has 0 N–H and O–H groups in total. The van der Waals surface area contributed by atoms with Gasteiger partial charge in [0.1, 0.15) is 18.3 Å². The maximum absolute atomic E-state index is 6.12. The minimum absolute atomic E-state index is 0.0180. The largest absolute Gasteiger partial charge is 0.474 e. The van der Waals surface area contributed by atoms with E-state index in [0.29, 0.717) is 28.2 Å². The predicted octanol–water partition coefficient (Wildman–Crippen LogP) is 4.51. The van der Waals surface area contributed by atoms with Crippen molar-refractivity contribution in [2.24, 2.45) is 4.99 Å². The Balaban J connectivity index is 1.89. The van der Waals surface area contributed by atoms with Crippen molar-refractivity contribution in [3.63, 3.8) is 0 Å². The van der Waals surface area contributed by atoms with E-state index < -0.39 is 0 Å². The molecule has 1 aromatic carbocycles. The normalized spacial score (nSPS) is 17.8. The van der Waals surface area contributed by atoms with Crippen molar-refractivity contribution < 1.29 is 4.74 Å². The van der Waals surface area contributed by atoms with E-state index in [4.69, 9.17) is 27.9 Å². The fourth-order valence-electron chi connectivity index (χ4n) is 1.93. The van der Waals surface area contributed by atoms with Gasteiger partial charge in [0.25, 0.3) is 0 Å². The Bertz CT molecular complexity index is 673. The summed E-state index contributed by atoms with van der Waals surface area (Å²) in [4.78, 5) is 8.73. The average Bonchev–Trinajstić information content (AvgIpc) is 2.89. The van der Waals surface area contributed by atoms with Crippen LogP contribution in [0.15, 0.2) is 41.5 Å². The van der Waals surface area contributed by atoms with E-state index in [1.165, 1.54) is 9.77 Å². The lowest BCUT2D eigenvalue weighted by molar-refractivity contribution is 0.319. The second-order valence-corrected chi connectivity index (χ2v) is 6.39. The van der Waals surface area contributed by atoms with Gasteiger partial charge in [0.15, 0.2) is 0 Å². The van der Waals surface area contributed by atoms with Crippen LogP contribution in [-0.2, 0) is 4.74 Å². The molecule has 0 aliphatic carbocycles. The monoisotopic (exact) mass is 418 g/mol. The van der Waals surface area contributed by atoms with Crippen LogP contribution in [0.4, 0.5) is 0 Å². The highest BCUT2D eigenvalue weighted by Gasteiger charge is 2.24. The first kappa shape index (κ1) is 14.1. The highest BCUT2D eigenvalue weighted by molar-refractivity contribution is 14.1. The summed E-state index contributed by atoms with van der Waals surface area (Å²) in [5, 5.41) is 0.936. The quantitative estimate of drug-likeness (QED) is 0.672. The summed E-state index contributed by atoms with van der Waals surface area (Å²) < 4.78 is 6.81. The highest BCUT2D eigenvalue weighted by Crippen LogP contribution is 2.28. The maximum atomic E-state index is 6.12. The van der Waals surface area contributed by atoms with Crippen molar-refractivity contribution in [3.05, 3.63) is 61.4 Å². The molecule has 1 aliphatic heterocycles. The van der Waals surface area contributed by atoms with Crippen molar-refractivity contribution in [1.82, 2.24) is 4.98 Å². The molecule has 0 saturated heterocycles. The number of benzene rings is 1. The van der Waals surface area contributed by atoms with Crippen LogP contribution in [0.25, 0.3) is 0 Å². The third-order valence-corrected chi connectivity index (χ3v) is 4.13. The second-order valence-electron chi connectivity index (χ2n) is 4.30. The number of hydrogen-bond donors (Lipinski definition) is 0. The Morgan fingerprint density at radius 3 is 2.65 bits per heavy atom. The Kier molecular flexibility index (Phi) is 4.14. The Morgan fingerprint density at radius 2 is 1.95 bits per heavy atom. The van der Waals surface area contributed by atoms with E-state index in [1.54, 1.807) is 6.07 Å². The van der Waals surface area contributed by atoms with Crippen molar-refractivity contribution in [2.45, 2.75) is 6.04 Å². The van der Waals surface area contributed by atoms with Crippen molar-refractivity contribution in [2.75, 3.05) is 6.61 Å². The zero-order valence-electron chi connectivity index (χ0n) is 10.2. The molecule has 0 saturated carbocycles. The molecule has 1 atom stereocenters. The van der Waals surface area contributed by atoms with E-state index in [9.17, 15) is 0 Å². The highest BCUT2D eigenvalue weighted by atomic mass is 127. The van der Waals surface area contributed by atoms with Gasteiger partial charge < -0.3 is 4.74 Å². The molecule has 2 aromatic rings. The summed E-state index contributed by atoms with van der Waals surface area (Å²) >= 11 is 14.2. The van der Waals surface area contributed by atoms with Gasteiger partial charge in [-0.3, -0.25) is 0 Å². The Hall–Kier alpha value is -0.850. The number of rotatable bonds is 2. The van der Waals surface area contributed by atoms with Gasteiger partial charge in [-0.25, -0.2) is 9.98 Å². The molecule has 0 bridgehead atoms. The number of hydrogen-bond acceptors (Lipinski definition) is 3. The van der Waals surface area contributed by atoms with Gasteiger partial charge in [-0.15, -0.1) is 0 Å². The Morgan fingerprint density at radius 1 is 1.20 bits per heavy atom. The lowest BCUT2D eigenvalue weighted by atomic mass is 10.1. The zero-order chi connectivity index (χ0) is 14.1. The van der Waals surface area contributed by atoms with Crippen LogP contribution in [0.5, 0.6) is 0 Å². The summed E-state index contributed by atoms with van der Waals surface area (Å²) in [6, 6.07) is 9.83. The van der Waals surface area contributed by atoms with E-state index in [-0.39, 0.29) is 6.04 Å². The van der Waals surface area contributed by atoms with Crippen molar-refractivity contribution >= 4 is 51.7 Å². The summed E-state index contributed by atoms with van der Waals surface area (Å²) in [7, 11) is 0. The van der Waals surface area contributed by atoms with Gasteiger partial charge >= 0.3 is 0 Å². The molecule has 20 heavy (non-hydrogen) atoms. The molecule has 1 unspecified atom stereocenters. The number of aromatic nitrogens is 1. The van der Waals surface area contributed by atoms with Crippen LogP contribution in [0.1, 0.15) is 17.3 Å². The van der Waals surface area contributed by atoms with Gasteiger partial charge in [0.05, 0.1) is 10.0 Å². The Labute approximate surface area is 140 Å². The number of pyridine rings is 1. The van der Waals surface area contributed by atoms with Crippen molar-refractivity contribution in [3.8, 4) is 0 Å². The molecule has 0 radical (unpaired) electrons. The summed E-state index contributed by atoms with van der Waals surface area (Å²) in [5.41, 5.74) is 1.65. The van der Waals surface area contributed by atoms with E-state index in [0.717, 1.165) is 5.56 Å². The first-order chi connectivity index (χ1) is 9.63. The molecule has 1 aliphatic rings. The van der Waals surface area contributed by atoms with Crippen LogP contribution >= 0.6 is 45.8 Å². The minimum Gasteiger partial charge on any atom is -0.474 e. The molecule has 2 heterocycles. The van der Waals surface area contributed by atoms with Gasteiger partial charge in [-0.2, -0.15) is 0 Å². The molecule has 1 aromatic heterocycles. The third kappa shape index (κ3) is 2.92. The smallest absolute Gasteiger partial charge is 0.237 e. The third-order valence-electron chi connectivity index (χ3n) is 2.92. The van der Waals surface area contributed by atoms with Crippen LogP contribution in [0.2, 0.25) is 10.0 Å². The first-order valence-corrected chi connectivity index (χ1v) is 7.74. The summed E-state index contributed by atoms with van der Waals surface area (Å²) in [5.74, 6) is 0.468. The van der Waals surface area contributed by atoms with Gasteiger partial charge in [-0.05, 0) is 46.4 Å². The summed E-state index contributed by atoms with van der Waals surface area (Å²) in [6.07, 6.45) is 1.53. The van der Waals surface area contributed by atoms with E-state index in [2.05, 4.69) is 56.8 Å². The lowest BCUT2D eigenvalue weighted by Crippen LogP contribution is -2.04. The summed E-state index contributed by atoms with van der Waals surface area (Å²) in [6.45, 7) is 0.497. The zero-order valence-corrected chi connectivity index (χ0v) is 13.9. The van der Waals surface area contributed by atoms with Gasteiger partial charge in [0.2, 0.25) is 5.90 Å². The molecule has 0 spiro atoms. The molecule has 102 valence electrons. The molecular weight excluding hydrogens is 410 g/mol. The fourth-order valence-corrected chi connectivity index (χ4v) is 2.75. The standard InChI is InChI=1S/C14H9Cl2IN2O/c15-9-5-11(16)13(18-6-9)14-19-12(7-20-14)8-1-3-10(17)4-2-8/h1-6,12H,7H2. The van der Waals surface area contributed by atoms with Crippen molar-refractivity contribution in [1.29, 1.82) is 0 Å². The molecule has 6 heteroatoms. The molecule has 0 amide bonds. The average molecular weight is 419 g/mol. The van der Waals surface area contributed by atoms with E-state index >= 15 is 0 Å².